The molecule has 102 valence electrons. The van der Waals surface area contributed by atoms with E-state index in [0.29, 0.717) is 0 Å². The summed E-state index contributed by atoms with van der Waals surface area (Å²) in [6.07, 6.45) is 0. The third kappa shape index (κ3) is 2.69. The van der Waals surface area contributed by atoms with Gasteiger partial charge >= 0.3 is 0 Å². The smallest absolute Gasteiger partial charge is 0.162 e. The number of phenolic OH excluding ortho intramolecular Hbond substituents is 1. The van der Waals surface area contributed by atoms with E-state index in [4.69, 9.17) is 12.2 Å². The molecule has 3 nitrogen and oxygen atoms in total. The van der Waals surface area contributed by atoms with Crippen LogP contribution in [0.15, 0.2) is 48.5 Å². The van der Waals surface area contributed by atoms with E-state index in [1.807, 2.05) is 24.3 Å². The molecule has 0 fully saturated rings. The summed E-state index contributed by atoms with van der Waals surface area (Å²) < 4.78 is 4.28. The molecule has 1 heterocycles. The fourth-order valence-electron chi connectivity index (χ4n) is 2.12. The molecule has 0 radical (unpaired) electrons. The minimum absolute atomic E-state index is 0.279. The number of nitrogens with one attached hydrogen (secondary N) is 1. The van der Waals surface area contributed by atoms with Gasteiger partial charge < -0.3 is 15.0 Å². The largest absolute Gasteiger partial charge is 0.508 e. The molecule has 5 heteroatoms. The highest BCUT2D eigenvalue weighted by Gasteiger charge is 2.03. The molecule has 0 aliphatic heterocycles. The van der Waals surface area contributed by atoms with Crippen LogP contribution in [0.25, 0.3) is 10.2 Å². The van der Waals surface area contributed by atoms with E-state index in [1.54, 1.807) is 23.5 Å². The molecular weight excluding hydrogens is 288 g/mol. The van der Waals surface area contributed by atoms with Gasteiger partial charge in [-0.05, 0) is 48.6 Å². The lowest BCUT2D eigenvalue weighted by Crippen LogP contribution is -2.10. The number of rotatable bonds is 4. The van der Waals surface area contributed by atoms with Crippen LogP contribution in [0.1, 0.15) is 0 Å². The molecule has 0 atom stereocenters. The Hall–Kier alpha value is -1.85. The normalized spacial score (nSPS) is 10.8. The Morgan fingerprint density at radius 2 is 1.85 bits per heavy atom. The predicted molar refractivity (Wildman–Crippen MR) is 87.2 cm³/mol. The Balaban J connectivity index is 1.72. The maximum Gasteiger partial charge on any atom is 0.162 e. The molecule has 0 aliphatic carbocycles. The molecule has 3 rings (SSSR count). The molecule has 20 heavy (non-hydrogen) atoms. The highest BCUT2D eigenvalue weighted by atomic mass is 32.1. The zero-order chi connectivity index (χ0) is 13.9. The van der Waals surface area contributed by atoms with Crippen molar-refractivity contribution in [3.63, 3.8) is 0 Å². The van der Waals surface area contributed by atoms with Gasteiger partial charge in [0.25, 0.3) is 0 Å². The lowest BCUT2D eigenvalue weighted by atomic mass is 10.3. The highest BCUT2D eigenvalue weighted by Crippen LogP contribution is 2.22. The van der Waals surface area contributed by atoms with Gasteiger partial charge in [-0.2, -0.15) is 0 Å². The molecule has 0 aliphatic rings. The molecule has 0 amide bonds. The standard InChI is InChI=1S/C15H14N2OS2/c18-12-7-5-11(6-8-12)16-9-10-17-13-3-1-2-4-14(13)20-15(17)19/h1-8,16,18H,9-10H2. The van der Waals surface area contributed by atoms with Crippen LogP contribution >= 0.6 is 23.6 Å². The second kappa shape index (κ2) is 5.64. The molecule has 0 saturated carbocycles. The average Bonchev–Trinajstić information content (AvgIpc) is 2.77. The van der Waals surface area contributed by atoms with Crippen LogP contribution in [0, 0.1) is 3.95 Å². The van der Waals surface area contributed by atoms with Gasteiger partial charge in [0.05, 0.1) is 10.2 Å². The fraction of sp³-hybridized carbons (Fsp3) is 0.133. The van der Waals surface area contributed by atoms with Crippen molar-refractivity contribution in [2.24, 2.45) is 0 Å². The van der Waals surface area contributed by atoms with Gasteiger partial charge in [-0.1, -0.05) is 12.1 Å². The monoisotopic (exact) mass is 302 g/mol. The summed E-state index contributed by atoms with van der Waals surface area (Å²) in [5, 5.41) is 12.6. The van der Waals surface area contributed by atoms with Gasteiger partial charge in [0, 0.05) is 18.8 Å². The minimum Gasteiger partial charge on any atom is -0.508 e. The van der Waals surface area contributed by atoms with Crippen molar-refractivity contribution in [3.05, 3.63) is 52.5 Å². The Kier molecular flexibility index (Phi) is 3.71. The molecular formula is C15H14N2OS2. The number of benzene rings is 2. The predicted octanol–water partition coefficient (Wildman–Crippen LogP) is 4.25. The number of hydrogen-bond acceptors (Lipinski definition) is 4. The van der Waals surface area contributed by atoms with Crippen LogP contribution in [-0.4, -0.2) is 16.2 Å². The second-order valence-corrected chi connectivity index (χ2v) is 6.14. The number of nitrogens with zero attached hydrogens (tertiary/aromatic N) is 1. The van der Waals surface area contributed by atoms with Crippen molar-refractivity contribution >= 4 is 39.5 Å². The van der Waals surface area contributed by atoms with Crippen LogP contribution in [0.5, 0.6) is 5.75 Å². The molecule has 0 saturated heterocycles. The molecule has 0 bridgehead atoms. The highest BCUT2D eigenvalue weighted by molar-refractivity contribution is 7.73. The third-order valence-electron chi connectivity index (χ3n) is 3.11. The Bertz CT molecular complexity index is 774. The second-order valence-electron chi connectivity index (χ2n) is 4.46. The van der Waals surface area contributed by atoms with E-state index in [-0.39, 0.29) is 5.75 Å². The number of para-hydroxylation sites is 1. The molecule has 1 aromatic heterocycles. The summed E-state index contributed by atoms with van der Waals surface area (Å²) in [5.41, 5.74) is 2.18. The van der Waals surface area contributed by atoms with Gasteiger partial charge in [-0.15, -0.1) is 11.3 Å². The van der Waals surface area contributed by atoms with E-state index >= 15 is 0 Å². The lowest BCUT2D eigenvalue weighted by molar-refractivity contribution is 0.475. The first-order valence-electron chi connectivity index (χ1n) is 6.35. The van der Waals surface area contributed by atoms with E-state index in [1.165, 1.54) is 10.2 Å². The SMILES string of the molecule is Oc1ccc(NCCn2c(=S)sc3ccccc32)cc1. The summed E-state index contributed by atoms with van der Waals surface area (Å²) in [7, 11) is 0. The number of fused-ring (bicyclic) bond motifs is 1. The van der Waals surface area contributed by atoms with Crippen LogP contribution < -0.4 is 5.32 Å². The minimum atomic E-state index is 0.279. The van der Waals surface area contributed by atoms with Crippen molar-refractivity contribution in [1.29, 1.82) is 0 Å². The van der Waals surface area contributed by atoms with E-state index in [9.17, 15) is 5.11 Å². The Morgan fingerprint density at radius 3 is 2.65 bits per heavy atom. The maximum atomic E-state index is 9.24. The number of phenols is 1. The van der Waals surface area contributed by atoms with Crippen molar-refractivity contribution < 1.29 is 5.11 Å². The van der Waals surface area contributed by atoms with Gasteiger partial charge in [-0.3, -0.25) is 0 Å². The first-order chi connectivity index (χ1) is 9.74. The van der Waals surface area contributed by atoms with Crippen molar-refractivity contribution in [1.82, 2.24) is 4.57 Å². The molecule has 0 spiro atoms. The number of aromatic nitrogens is 1. The first kappa shape index (κ1) is 13.1. The number of thiazole rings is 1. The Labute approximate surface area is 126 Å². The molecule has 2 N–H and O–H groups in total. The van der Waals surface area contributed by atoms with Crippen LogP contribution in [0.3, 0.4) is 0 Å². The van der Waals surface area contributed by atoms with Crippen LogP contribution in [0.4, 0.5) is 5.69 Å². The van der Waals surface area contributed by atoms with Gasteiger partial charge in [0.2, 0.25) is 0 Å². The lowest BCUT2D eigenvalue weighted by Gasteiger charge is -2.08. The van der Waals surface area contributed by atoms with Gasteiger partial charge in [0.1, 0.15) is 5.75 Å². The van der Waals surface area contributed by atoms with E-state index in [0.717, 1.165) is 22.7 Å². The topological polar surface area (TPSA) is 37.2 Å². The number of aromatic hydroxyl groups is 1. The van der Waals surface area contributed by atoms with E-state index in [2.05, 4.69) is 22.0 Å². The molecule has 0 unspecified atom stereocenters. The van der Waals surface area contributed by atoms with Gasteiger partial charge in [0.15, 0.2) is 3.95 Å². The number of hydrogen-bond donors (Lipinski definition) is 2. The number of anilines is 1. The summed E-state index contributed by atoms with van der Waals surface area (Å²) in [6, 6.07) is 15.3. The summed E-state index contributed by atoms with van der Waals surface area (Å²) in [6.45, 7) is 1.61. The van der Waals surface area contributed by atoms with E-state index < -0.39 is 0 Å². The summed E-state index contributed by atoms with van der Waals surface area (Å²) in [5.74, 6) is 0.279. The van der Waals surface area contributed by atoms with Gasteiger partial charge in [-0.25, -0.2) is 0 Å². The van der Waals surface area contributed by atoms with Crippen LogP contribution in [0.2, 0.25) is 0 Å². The summed E-state index contributed by atoms with van der Waals surface area (Å²) in [4.78, 5) is 0. The zero-order valence-electron chi connectivity index (χ0n) is 10.7. The molecule has 2 aromatic carbocycles. The van der Waals surface area contributed by atoms with Crippen molar-refractivity contribution in [3.8, 4) is 5.75 Å². The van der Waals surface area contributed by atoms with Crippen molar-refractivity contribution in [2.75, 3.05) is 11.9 Å². The maximum absolute atomic E-state index is 9.24. The molecule has 3 aromatic rings. The van der Waals surface area contributed by atoms with Crippen LogP contribution in [-0.2, 0) is 6.54 Å². The van der Waals surface area contributed by atoms with Crippen molar-refractivity contribution in [2.45, 2.75) is 6.54 Å². The third-order valence-corrected chi connectivity index (χ3v) is 4.54. The Morgan fingerprint density at radius 1 is 1.10 bits per heavy atom. The summed E-state index contributed by atoms with van der Waals surface area (Å²) >= 11 is 7.06. The first-order valence-corrected chi connectivity index (χ1v) is 7.58. The average molecular weight is 302 g/mol. The quantitative estimate of drug-likeness (QED) is 0.559. The fourth-order valence-corrected chi connectivity index (χ4v) is 3.49. The zero-order valence-corrected chi connectivity index (χ0v) is 12.4.